The van der Waals surface area contributed by atoms with Crippen LogP contribution in [-0.2, 0) is 19.5 Å². The number of carbonyl (C=O) groups is 3. The SMILES string of the molecule is CCC(=O)NCCS(=O)(=O)c1cccc(Nc2cc(OOC)c(N)c3c2C(=O)c2ccccc2C3=O)c1. The molecule has 0 saturated carbocycles. The van der Waals surface area contributed by atoms with E-state index in [1.807, 2.05) is 0 Å². The van der Waals surface area contributed by atoms with Gasteiger partial charge in [0.15, 0.2) is 27.2 Å². The summed E-state index contributed by atoms with van der Waals surface area (Å²) in [4.78, 5) is 48.1. The third-order valence-electron chi connectivity index (χ3n) is 5.86. The number of fused-ring (bicyclic) bond motifs is 2. The largest absolute Gasteiger partial charge is 0.395 e. The fourth-order valence-corrected chi connectivity index (χ4v) is 5.24. The normalized spacial score (nSPS) is 12.5. The Labute approximate surface area is 213 Å². The van der Waals surface area contributed by atoms with Gasteiger partial charge in [0.25, 0.3) is 0 Å². The van der Waals surface area contributed by atoms with Crippen molar-refractivity contribution in [1.82, 2.24) is 5.32 Å². The van der Waals surface area contributed by atoms with Crippen LogP contribution in [0, 0.1) is 0 Å². The van der Waals surface area contributed by atoms with Gasteiger partial charge in [-0.1, -0.05) is 37.3 Å². The van der Waals surface area contributed by atoms with Crippen LogP contribution in [0.25, 0.3) is 0 Å². The molecule has 4 rings (SSSR count). The van der Waals surface area contributed by atoms with Crippen LogP contribution in [0.2, 0.25) is 0 Å². The van der Waals surface area contributed by atoms with Gasteiger partial charge in [-0.15, -0.1) is 0 Å². The second-order valence-electron chi connectivity index (χ2n) is 8.21. The predicted octanol–water partition coefficient (Wildman–Crippen LogP) is 3.03. The molecule has 0 aliphatic heterocycles. The highest BCUT2D eigenvalue weighted by molar-refractivity contribution is 7.91. The number of nitrogens with one attached hydrogen (secondary N) is 2. The molecule has 192 valence electrons. The van der Waals surface area contributed by atoms with Crippen LogP contribution in [0.3, 0.4) is 0 Å². The van der Waals surface area contributed by atoms with E-state index in [0.29, 0.717) is 5.69 Å². The van der Waals surface area contributed by atoms with Gasteiger partial charge in [-0.05, 0) is 18.2 Å². The van der Waals surface area contributed by atoms with Crippen LogP contribution < -0.4 is 21.3 Å². The summed E-state index contributed by atoms with van der Waals surface area (Å²) >= 11 is 0. The van der Waals surface area contributed by atoms with Gasteiger partial charge < -0.3 is 21.3 Å². The number of carbonyl (C=O) groups excluding carboxylic acids is 3. The van der Waals surface area contributed by atoms with Gasteiger partial charge in [0.2, 0.25) is 5.91 Å². The Kier molecular flexibility index (Phi) is 7.28. The summed E-state index contributed by atoms with van der Waals surface area (Å²) < 4.78 is 25.6. The van der Waals surface area contributed by atoms with Crippen molar-refractivity contribution in [1.29, 1.82) is 0 Å². The molecule has 0 atom stereocenters. The molecular weight excluding hydrogens is 498 g/mol. The molecule has 0 bridgehead atoms. The number of sulfone groups is 1. The van der Waals surface area contributed by atoms with Gasteiger partial charge in [-0.25, -0.2) is 8.42 Å². The summed E-state index contributed by atoms with van der Waals surface area (Å²) in [6.07, 6.45) is 0.256. The molecule has 0 fully saturated rings. The maximum absolute atomic E-state index is 13.5. The van der Waals surface area contributed by atoms with E-state index in [1.165, 1.54) is 25.3 Å². The molecule has 4 N–H and O–H groups in total. The lowest BCUT2D eigenvalue weighted by Crippen LogP contribution is -2.28. The molecule has 11 heteroatoms. The van der Waals surface area contributed by atoms with Crippen LogP contribution >= 0.6 is 0 Å². The number of rotatable bonds is 9. The molecule has 3 aromatic rings. The first kappa shape index (κ1) is 25.9. The second-order valence-corrected chi connectivity index (χ2v) is 10.3. The first-order chi connectivity index (χ1) is 17.7. The number of hydrogen-bond acceptors (Lipinski definition) is 9. The lowest BCUT2D eigenvalue weighted by atomic mass is 9.82. The predicted molar refractivity (Wildman–Crippen MR) is 137 cm³/mol. The average molecular weight is 524 g/mol. The standard InChI is InChI=1S/C26H25N3O7S/c1-3-21(30)28-11-12-37(33,34)16-8-6-7-15(13-16)29-19-14-20(36-35-2)24(27)23-22(19)25(31)17-9-4-5-10-18(17)26(23)32/h4-10,13-14,29H,3,11-12,27H2,1-2H3,(H,28,30). The van der Waals surface area contributed by atoms with Gasteiger partial charge >= 0.3 is 0 Å². The minimum atomic E-state index is -3.72. The van der Waals surface area contributed by atoms with Crippen LogP contribution in [-0.4, -0.2) is 45.3 Å². The van der Waals surface area contributed by atoms with E-state index >= 15 is 0 Å². The highest BCUT2D eigenvalue weighted by atomic mass is 32.2. The van der Waals surface area contributed by atoms with Gasteiger partial charge in [0.1, 0.15) is 0 Å². The van der Waals surface area contributed by atoms with E-state index < -0.39 is 21.4 Å². The Balaban J connectivity index is 1.74. The number of hydrogen-bond donors (Lipinski definition) is 3. The lowest BCUT2D eigenvalue weighted by molar-refractivity contribution is -0.177. The summed E-state index contributed by atoms with van der Waals surface area (Å²) in [5.41, 5.74) is 7.14. The van der Waals surface area contributed by atoms with Crippen molar-refractivity contribution in [2.45, 2.75) is 18.2 Å². The third-order valence-corrected chi connectivity index (χ3v) is 7.57. The van der Waals surface area contributed by atoms with Gasteiger partial charge in [0, 0.05) is 35.8 Å². The molecule has 0 aromatic heterocycles. The average Bonchev–Trinajstić information content (AvgIpc) is 2.89. The van der Waals surface area contributed by atoms with Crippen LogP contribution in [0.1, 0.15) is 45.2 Å². The van der Waals surface area contributed by atoms with E-state index in [1.54, 1.807) is 43.3 Å². The maximum atomic E-state index is 13.5. The maximum Gasteiger partial charge on any atom is 0.219 e. The molecule has 37 heavy (non-hydrogen) atoms. The molecular formula is C26H25N3O7S. The molecule has 1 amide bonds. The molecule has 1 aliphatic carbocycles. The van der Waals surface area contributed by atoms with Crippen LogP contribution in [0.4, 0.5) is 17.1 Å². The minimum Gasteiger partial charge on any atom is -0.395 e. The quantitative estimate of drug-likeness (QED) is 0.171. The van der Waals surface area contributed by atoms with E-state index in [0.717, 1.165) is 0 Å². The fourth-order valence-electron chi connectivity index (χ4n) is 4.04. The van der Waals surface area contributed by atoms with Crippen LogP contribution in [0.15, 0.2) is 59.5 Å². The number of nitrogen functional groups attached to an aromatic ring is 1. The van der Waals surface area contributed by atoms with Crippen molar-refractivity contribution in [3.05, 3.63) is 76.9 Å². The Morgan fingerprint density at radius 3 is 2.30 bits per heavy atom. The number of anilines is 3. The van der Waals surface area contributed by atoms with Crippen molar-refractivity contribution in [3.63, 3.8) is 0 Å². The van der Waals surface area contributed by atoms with Crippen LogP contribution in [0.5, 0.6) is 5.75 Å². The molecule has 0 heterocycles. The highest BCUT2D eigenvalue weighted by Crippen LogP contribution is 2.41. The molecule has 0 unspecified atom stereocenters. The van der Waals surface area contributed by atoms with Crippen molar-refractivity contribution in [2.75, 3.05) is 30.5 Å². The summed E-state index contributed by atoms with van der Waals surface area (Å²) in [6.45, 7) is 1.65. The Morgan fingerprint density at radius 1 is 0.973 bits per heavy atom. The first-order valence-corrected chi connectivity index (χ1v) is 13.0. The first-order valence-electron chi connectivity index (χ1n) is 11.4. The number of benzene rings is 3. The van der Waals surface area contributed by atoms with Gasteiger partial charge in [0.05, 0.1) is 40.3 Å². The Hall–Kier alpha value is -4.22. The third kappa shape index (κ3) is 5.04. The topological polar surface area (TPSA) is 154 Å². The van der Waals surface area contributed by atoms with Gasteiger partial charge in [-0.2, -0.15) is 4.89 Å². The van der Waals surface area contributed by atoms with E-state index in [-0.39, 0.29) is 68.9 Å². The second kappa shape index (κ2) is 10.4. The molecule has 3 aromatic carbocycles. The van der Waals surface area contributed by atoms with Gasteiger partial charge in [-0.3, -0.25) is 14.4 Å². The number of ketones is 2. The van der Waals surface area contributed by atoms with Crippen molar-refractivity contribution in [3.8, 4) is 5.75 Å². The zero-order valence-electron chi connectivity index (χ0n) is 20.2. The fraction of sp³-hybridized carbons (Fsp3) is 0.192. The molecule has 0 radical (unpaired) electrons. The summed E-state index contributed by atoms with van der Waals surface area (Å²) in [5, 5.41) is 5.58. The summed E-state index contributed by atoms with van der Waals surface area (Å²) in [7, 11) is -2.45. The van der Waals surface area contributed by atoms with E-state index in [2.05, 4.69) is 10.6 Å². The monoisotopic (exact) mass is 523 g/mol. The highest BCUT2D eigenvalue weighted by Gasteiger charge is 2.35. The zero-order valence-corrected chi connectivity index (χ0v) is 21.0. The molecule has 0 saturated heterocycles. The minimum absolute atomic E-state index is 0.0136. The molecule has 10 nitrogen and oxygen atoms in total. The van der Waals surface area contributed by atoms with E-state index in [9.17, 15) is 22.8 Å². The molecule has 1 aliphatic rings. The molecule has 0 spiro atoms. The summed E-state index contributed by atoms with van der Waals surface area (Å²) in [5.74, 6) is -1.38. The van der Waals surface area contributed by atoms with E-state index in [4.69, 9.17) is 15.5 Å². The number of amides is 1. The smallest absolute Gasteiger partial charge is 0.219 e. The lowest BCUT2D eigenvalue weighted by Gasteiger charge is -2.23. The summed E-state index contributed by atoms with van der Waals surface area (Å²) in [6, 6.07) is 13.8. The Morgan fingerprint density at radius 2 is 1.65 bits per heavy atom. The van der Waals surface area contributed by atoms with Crippen molar-refractivity contribution < 1.29 is 32.6 Å². The Bertz CT molecular complexity index is 1520. The van der Waals surface area contributed by atoms with Crippen molar-refractivity contribution >= 4 is 44.4 Å². The number of nitrogens with two attached hydrogens (primary N) is 1. The zero-order chi connectivity index (χ0) is 26.7. The van der Waals surface area contributed by atoms with Crippen molar-refractivity contribution in [2.24, 2.45) is 0 Å².